The Morgan fingerprint density at radius 1 is 1.12 bits per heavy atom. The first-order valence-electron chi connectivity index (χ1n) is 8.45. The lowest BCUT2D eigenvalue weighted by molar-refractivity contribution is -0.143. The van der Waals surface area contributed by atoms with Crippen molar-refractivity contribution < 1.29 is 14.4 Å². The molecule has 2 heterocycles. The molecule has 24 heavy (non-hydrogen) atoms. The van der Waals surface area contributed by atoms with Crippen molar-refractivity contribution in [3.05, 3.63) is 35.9 Å². The molecule has 4 amide bonds. The van der Waals surface area contributed by atoms with Gasteiger partial charge < -0.3 is 10.2 Å². The Kier molecular flexibility index (Phi) is 4.30. The first-order valence-corrected chi connectivity index (χ1v) is 8.45. The van der Waals surface area contributed by atoms with E-state index in [1.54, 1.807) is 30.9 Å². The third-order valence-electron chi connectivity index (χ3n) is 4.99. The van der Waals surface area contributed by atoms with E-state index in [-0.39, 0.29) is 11.8 Å². The molecule has 1 aromatic carbocycles. The highest BCUT2D eigenvalue weighted by atomic mass is 16.2. The number of nitrogens with zero attached hydrogens (tertiary/aromatic N) is 2. The average Bonchev–Trinajstić information content (AvgIpc) is 2.85. The van der Waals surface area contributed by atoms with Gasteiger partial charge in [0.1, 0.15) is 11.6 Å². The summed E-state index contributed by atoms with van der Waals surface area (Å²) in [6.07, 6.45) is 3.06. The van der Waals surface area contributed by atoms with Gasteiger partial charge in [-0.1, -0.05) is 30.3 Å². The van der Waals surface area contributed by atoms with E-state index in [1.807, 2.05) is 18.2 Å². The zero-order valence-electron chi connectivity index (χ0n) is 14.1. The van der Waals surface area contributed by atoms with E-state index in [9.17, 15) is 14.4 Å². The minimum Gasteiger partial charge on any atom is -0.341 e. The number of urea groups is 1. The number of carbonyl (C=O) groups excluding carboxylic acids is 3. The summed E-state index contributed by atoms with van der Waals surface area (Å²) >= 11 is 0. The third kappa shape index (κ3) is 2.66. The molecule has 0 aromatic heterocycles. The average molecular weight is 329 g/mol. The molecule has 2 fully saturated rings. The largest absolute Gasteiger partial charge is 0.341 e. The van der Waals surface area contributed by atoms with Crippen molar-refractivity contribution in [2.45, 2.75) is 44.7 Å². The summed E-state index contributed by atoms with van der Waals surface area (Å²) in [6, 6.07) is 7.81. The van der Waals surface area contributed by atoms with Crippen LogP contribution >= 0.6 is 0 Å². The molecular weight excluding hydrogens is 306 g/mol. The number of nitrogens with one attached hydrogen (secondary N) is 1. The monoisotopic (exact) mass is 329 g/mol. The molecule has 6 heteroatoms. The van der Waals surface area contributed by atoms with Crippen LogP contribution in [0.5, 0.6) is 0 Å². The van der Waals surface area contributed by atoms with Gasteiger partial charge in [0, 0.05) is 13.1 Å². The lowest BCUT2D eigenvalue weighted by atomic mass is 9.92. The van der Waals surface area contributed by atoms with Gasteiger partial charge in [0.15, 0.2) is 0 Å². The number of hydrogen-bond donors (Lipinski definition) is 1. The van der Waals surface area contributed by atoms with Crippen molar-refractivity contribution in [1.82, 2.24) is 15.1 Å². The van der Waals surface area contributed by atoms with Crippen LogP contribution in [-0.2, 0) is 15.1 Å². The van der Waals surface area contributed by atoms with Crippen LogP contribution in [0, 0.1) is 0 Å². The second-order valence-corrected chi connectivity index (χ2v) is 6.66. The Hall–Kier alpha value is -2.37. The molecule has 2 atom stereocenters. The Bertz CT molecular complexity index is 655. The zero-order valence-corrected chi connectivity index (χ0v) is 14.1. The highest BCUT2D eigenvalue weighted by molar-refractivity contribution is 6.09. The molecule has 1 N–H and O–H groups in total. The second-order valence-electron chi connectivity index (χ2n) is 6.66. The van der Waals surface area contributed by atoms with Crippen molar-refractivity contribution in [2.24, 2.45) is 0 Å². The van der Waals surface area contributed by atoms with Gasteiger partial charge in [-0.15, -0.1) is 0 Å². The lowest BCUT2D eigenvalue weighted by Gasteiger charge is -2.32. The zero-order chi connectivity index (χ0) is 17.3. The van der Waals surface area contributed by atoms with Crippen LogP contribution in [0.25, 0.3) is 0 Å². The first-order chi connectivity index (χ1) is 11.4. The minimum absolute atomic E-state index is 0.157. The van der Waals surface area contributed by atoms with Gasteiger partial charge in [0.05, 0.1) is 0 Å². The molecular formula is C18H23N3O3. The van der Waals surface area contributed by atoms with Crippen LogP contribution in [0.2, 0.25) is 0 Å². The standard InChI is InChI=1S/C18H23N3O3/c1-13(15(22)20-11-7-4-8-12-20)21-16(23)18(2,19-17(21)24)14-9-5-3-6-10-14/h3,5-6,9-10,13H,4,7-8,11-12H2,1-2H3,(H,19,24)/t13-,18+/m0/s1. The molecule has 0 saturated carbocycles. The predicted octanol–water partition coefficient (Wildman–Crippen LogP) is 1.85. The van der Waals surface area contributed by atoms with Crippen molar-refractivity contribution in [2.75, 3.05) is 13.1 Å². The molecule has 128 valence electrons. The van der Waals surface area contributed by atoms with E-state index in [0.29, 0.717) is 18.7 Å². The van der Waals surface area contributed by atoms with E-state index in [0.717, 1.165) is 24.2 Å². The van der Waals surface area contributed by atoms with Gasteiger partial charge in [-0.25, -0.2) is 9.69 Å². The number of hydrogen-bond acceptors (Lipinski definition) is 3. The first kappa shape index (κ1) is 16.5. The van der Waals surface area contributed by atoms with Crippen molar-refractivity contribution in [1.29, 1.82) is 0 Å². The van der Waals surface area contributed by atoms with E-state index < -0.39 is 17.6 Å². The van der Waals surface area contributed by atoms with Crippen molar-refractivity contribution in [3.63, 3.8) is 0 Å². The predicted molar refractivity (Wildman–Crippen MR) is 89.1 cm³/mol. The second kappa shape index (κ2) is 6.26. The molecule has 2 aliphatic rings. The molecule has 0 radical (unpaired) electrons. The van der Waals surface area contributed by atoms with Crippen LogP contribution in [0.1, 0.15) is 38.7 Å². The van der Waals surface area contributed by atoms with Crippen LogP contribution < -0.4 is 5.32 Å². The Morgan fingerprint density at radius 3 is 2.38 bits per heavy atom. The molecule has 0 bridgehead atoms. The van der Waals surface area contributed by atoms with Gasteiger partial charge in [0.2, 0.25) is 5.91 Å². The molecule has 6 nitrogen and oxygen atoms in total. The highest BCUT2D eigenvalue weighted by Gasteiger charge is 2.52. The van der Waals surface area contributed by atoms with Crippen LogP contribution in [0.4, 0.5) is 4.79 Å². The number of likely N-dealkylation sites (tertiary alicyclic amines) is 1. The molecule has 3 rings (SSSR count). The van der Waals surface area contributed by atoms with E-state index in [1.165, 1.54) is 0 Å². The van der Waals surface area contributed by atoms with Gasteiger partial charge in [-0.3, -0.25) is 9.59 Å². The smallest absolute Gasteiger partial charge is 0.326 e. The normalized spacial score (nSPS) is 25.6. The van der Waals surface area contributed by atoms with Gasteiger partial charge in [0.25, 0.3) is 5.91 Å². The van der Waals surface area contributed by atoms with Crippen molar-refractivity contribution in [3.8, 4) is 0 Å². The van der Waals surface area contributed by atoms with Crippen LogP contribution in [0.15, 0.2) is 30.3 Å². The number of imide groups is 1. The minimum atomic E-state index is -1.13. The summed E-state index contributed by atoms with van der Waals surface area (Å²) < 4.78 is 0. The van der Waals surface area contributed by atoms with E-state index >= 15 is 0 Å². The summed E-state index contributed by atoms with van der Waals surface area (Å²) in [5.74, 6) is -0.535. The summed E-state index contributed by atoms with van der Waals surface area (Å²) in [7, 11) is 0. The molecule has 0 unspecified atom stereocenters. The van der Waals surface area contributed by atoms with Gasteiger partial charge in [-0.2, -0.15) is 0 Å². The quantitative estimate of drug-likeness (QED) is 0.861. The Balaban J connectivity index is 1.82. The number of piperidine rings is 1. The maximum absolute atomic E-state index is 12.9. The van der Waals surface area contributed by atoms with Gasteiger partial charge >= 0.3 is 6.03 Å². The SMILES string of the molecule is C[C@@H](C(=O)N1CCCCC1)N1C(=O)N[C@](C)(c2ccccc2)C1=O. The topological polar surface area (TPSA) is 69.7 Å². The summed E-state index contributed by atoms with van der Waals surface area (Å²) in [4.78, 5) is 40.9. The Labute approximate surface area is 141 Å². The van der Waals surface area contributed by atoms with E-state index in [2.05, 4.69) is 5.32 Å². The van der Waals surface area contributed by atoms with E-state index in [4.69, 9.17) is 0 Å². The number of carbonyl (C=O) groups is 3. The summed E-state index contributed by atoms with van der Waals surface area (Å²) in [6.45, 7) is 4.71. The maximum atomic E-state index is 12.9. The fourth-order valence-corrected chi connectivity index (χ4v) is 3.47. The van der Waals surface area contributed by atoms with Crippen LogP contribution in [-0.4, -0.2) is 46.8 Å². The molecule has 0 aliphatic carbocycles. The maximum Gasteiger partial charge on any atom is 0.326 e. The summed E-state index contributed by atoms with van der Waals surface area (Å²) in [5, 5.41) is 2.75. The molecule has 2 saturated heterocycles. The van der Waals surface area contributed by atoms with Crippen LogP contribution in [0.3, 0.4) is 0 Å². The fraction of sp³-hybridized carbons (Fsp3) is 0.500. The van der Waals surface area contributed by atoms with Gasteiger partial charge in [-0.05, 0) is 38.7 Å². The highest BCUT2D eigenvalue weighted by Crippen LogP contribution is 2.30. The summed E-state index contributed by atoms with van der Waals surface area (Å²) in [5.41, 5.74) is -0.419. The third-order valence-corrected chi connectivity index (χ3v) is 4.99. The van der Waals surface area contributed by atoms with Crippen molar-refractivity contribution >= 4 is 17.8 Å². The number of benzene rings is 1. The fourth-order valence-electron chi connectivity index (χ4n) is 3.47. The lowest BCUT2D eigenvalue weighted by Crippen LogP contribution is -2.51. The number of amides is 4. The molecule has 2 aliphatic heterocycles. The molecule has 1 aromatic rings. The molecule has 0 spiro atoms. The Morgan fingerprint density at radius 2 is 1.75 bits per heavy atom. The number of rotatable bonds is 3.